The summed E-state index contributed by atoms with van der Waals surface area (Å²) in [6.07, 6.45) is 0. The van der Waals surface area contributed by atoms with Crippen molar-refractivity contribution < 1.29 is 19.1 Å². The van der Waals surface area contributed by atoms with Crippen LogP contribution in [0, 0.1) is 5.82 Å². The van der Waals surface area contributed by atoms with Crippen molar-refractivity contribution in [3.63, 3.8) is 0 Å². The Kier molecular flexibility index (Phi) is 4.25. The Labute approximate surface area is 104 Å². The summed E-state index contributed by atoms with van der Waals surface area (Å²) in [4.78, 5) is 23.8. The molecular formula is C12H15FN2O3. The number of anilines is 1. The largest absolute Gasteiger partial charge is 0.478 e. The lowest BCUT2D eigenvalue weighted by atomic mass is 10.2. The van der Waals surface area contributed by atoms with Crippen LogP contribution in [0.5, 0.6) is 0 Å². The average molecular weight is 254 g/mol. The Balaban J connectivity index is 2.93. The first-order valence-electron chi connectivity index (χ1n) is 5.39. The zero-order valence-electron chi connectivity index (χ0n) is 10.4. The van der Waals surface area contributed by atoms with Gasteiger partial charge in [-0.3, -0.25) is 0 Å². The number of carboxylic acids is 1. The summed E-state index contributed by atoms with van der Waals surface area (Å²) in [5.41, 5.74) is -0.230. The first-order chi connectivity index (χ1) is 8.32. The van der Waals surface area contributed by atoms with Gasteiger partial charge in [-0.15, -0.1) is 0 Å². The molecule has 0 aliphatic rings. The third-order valence-corrected chi connectivity index (χ3v) is 2.55. The molecule has 0 saturated carbocycles. The first-order valence-corrected chi connectivity index (χ1v) is 5.39. The molecule has 0 radical (unpaired) electrons. The van der Waals surface area contributed by atoms with Gasteiger partial charge in [0.05, 0.1) is 11.3 Å². The number of carboxylic acid groups (broad SMARTS) is 1. The van der Waals surface area contributed by atoms with E-state index in [1.165, 1.54) is 4.90 Å². The molecule has 1 rings (SSSR count). The summed E-state index contributed by atoms with van der Waals surface area (Å²) >= 11 is 0. The maximum absolute atomic E-state index is 13.4. The summed E-state index contributed by atoms with van der Waals surface area (Å²) in [6, 6.07) is 2.69. The van der Waals surface area contributed by atoms with Gasteiger partial charge in [-0.1, -0.05) is 0 Å². The monoisotopic (exact) mass is 254 g/mol. The lowest BCUT2D eigenvalue weighted by molar-refractivity contribution is 0.0697. The summed E-state index contributed by atoms with van der Waals surface area (Å²) in [7, 11) is 1.57. The number of amides is 2. The molecule has 0 atom stereocenters. The Morgan fingerprint density at radius 1 is 1.39 bits per heavy atom. The van der Waals surface area contributed by atoms with Gasteiger partial charge in [0, 0.05) is 13.1 Å². The maximum Gasteiger partial charge on any atom is 0.335 e. The van der Waals surface area contributed by atoms with Crippen LogP contribution < -0.4 is 5.32 Å². The van der Waals surface area contributed by atoms with Crippen molar-refractivity contribution in [3.8, 4) is 0 Å². The molecule has 0 aliphatic carbocycles. The highest BCUT2D eigenvalue weighted by Crippen LogP contribution is 2.17. The number of nitrogens with zero attached hydrogens (tertiary/aromatic N) is 1. The van der Waals surface area contributed by atoms with Crippen LogP contribution in [0.25, 0.3) is 0 Å². The molecule has 0 fully saturated rings. The van der Waals surface area contributed by atoms with Crippen molar-refractivity contribution in [1.29, 1.82) is 0 Å². The fourth-order valence-electron chi connectivity index (χ4n) is 1.19. The number of hydrogen-bond acceptors (Lipinski definition) is 2. The first kappa shape index (κ1) is 14.0. The number of aromatic carboxylic acids is 1. The fraction of sp³-hybridized carbons (Fsp3) is 0.333. The van der Waals surface area contributed by atoms with E-state index in [1.807, 2.05) is 13.8 Å². The van der Waals surface area contributed by atoms with Crippen LogP contribution in [0.1, 0.15) is 24.2 Å². The normalized spacial score (nSPS) is 10.3. The minimum Gasteiger partial charge on any atom is -0.478 e. The Morgan fingerprint density at radius 2 is 2.00 bits per heavy atom. The Bertz CT molecular complexity index is 474. The van der Waals surface area contributed by atoms with Crippen LogP contribution in [0.3, 0.4) is 0 Å². The third kappa shape index (κ3) is 3.19. The van der Waals surface area contributed by atoms with Gasteiger partial charge in [0.15, 0.2) is 0 Å². The van der Waals surface area contributed by atoms with Crippen molar-refractivity contribution in [1.82, 2.24) is 4.90 Å². The van der Waals surface area contributed by atoms with Crippen molar-refractivity contribution in [3.05, 3.63) is 29.6 Å². The molecule has 1 aromatic carbocycles. The lowest BCUT2D eigenvalue weighted by Gasteiger charge is -2.22. The second-order valence-corrected chi connectivity index (χ2v) is 4.13. The molecule has 6 heteroatoms. The van der Waals surface area contributed by atoms with E-state index in [-0.39, 0.29) is 17.3 Å². The smallest absolute Gasteiger partial charge is 0.335 e. The molecular weight excluding hydrogens is 239 g/mol. The summed E-state index contributed by atoms with van der Waals surface area (Å²) in [6.45, 7) is 3.62. The van der Waals surface area contributed by atoms with E-state index in [9.17, 15) is 14.0 Å². The van der Waals surface area contributed by atoms with E-state index < -0.39 is 17.8 Å². The van der Waals surface area contributed by atoms with E-state index in [0.717, 1.165) is 18.2 Å². The predicted molar refractivity (Wildman–Crippen MR) is 65.3 cm³/mol. The molecule has 2 N–H and O–H groups in total. The minimum absolute atomic E-state index is 0.0456. The average Bonchev–Trinajstić information content (AvgIpc) is 2.30. The van der Waals surface area contributed by atoms with Gasteiger partial charge in [0.2, 0.25) is 0 Å². The molecule has 18 heavy (non-hydrogen) atoms. The number of nitrogens with one attached hydrogen (secondary N) is 1. The van der Waals surface area contributed by atoms with E-state index in [0.29, 0.717) is 0 Å². The van der Waals surface area contributed by atoms with Gasteiger partial charge in [-0.2, -0.15) is 0 Å². The molecule has 2 amide bonds. The standard InChI is InChI=1S/C12H15FN2O3/c1-7(2)15(3)12(18)14-10-6-8(11(16)17)4-5-9(10)13/h4-7H,1-3H3,(H,14,18)(H,16,17). The maximum atomic E-state index is 13.4. The fourth-order valence-corrected chi connectivity index (χ4v) is 1.19. The highest BCUT2D eigenvalue weighted by atomic mass is 19.1. The number of rotatable bonds is 3. The molecule has 0 bridgehead atoms. The van der Waals surface area contributed by atoms with Gasteiger partial charge in [-0.25, -0.2) is 14.0 Å². The van der Waals surface area contributed by atoms with E-state index in [4.69, 9.17) is 5.11 Å². The SMILES string of the molecule is CC(C)N(C)C(=O)Nc1cc(C(=O)O)ccc1F. The summed E-state index contributed by atoms with van der Waals surface area (Å²) in [5.74, 6) is -1.85. The molecule has 0 heterocycles. The second-order valence-electron chi connectivity index (χ2n) is 4.13. The van der Waals surface area contributed by atoms with Crippen LogP contribution in [-0.4, -0.2) is 35.1 Å². The van der Waals surface area contributed by atoms with Gasteiger partial charge < -0.3 is 15.3 Å². The third-order valence-electron chi connectivity index (χ3n) is 2.55. The molecule has 0 aliphatic heterocycles. The van der Waals surface area contributed by atoms with E-state index in [1.54, 1.807) is 7.05 Å². The number of urea groups is 1. The minimum atomic E-state index is -1.18. The number of benzene rings is 1. The number of hydrogen-bond donors (Lipinski definition) is 2. The Hall–Kier alpha value is -2.11. The summed E-state index contributed by atoms with van der Waals surface area (Å²) < 4.78 is 13.4. The number of halogens is 1. The molecule has 0 saturated heterocycles. The zero-order chi connectivity index (χ0) is 13.9. The highest BCUT2D eigenvalue weighted by Gasteiger charge is 2.15. The van der Waals surface area contributed by atoms with E-state index in [2.05, 4.69) is 5.32 Å². The van der Waals surface area contributed by atoms with Crippen molar-refractivity contribution >= 4 is 17.7 Å². The molecule has 1 aromatic rings. The van der Waals surface area contributed by atoms with Crippen LogP contribution in [-0.2, 0) is 0 Å². The molecule has 0 unspecified atom stereocenters. The molecule has 5 nitrogen and oxygen atoms in total. The molecule has 98 valence electrons. The summed E-state index contributed by atoms with van der Waals surface area (Å²) in [5, 5.41) is 11.1. The highest BCUT2D eigenvalue weighted by molar-refractivity contribution is 5.93. The number of carbonyl (C=O) groups excluding carboxylic acids is 1. The van der Waals surface area contributed by atoms with Crippen LogP contribution >= 0.6 is 0 Å². The number of carbonyl (C=O) groups is 2. The Morgan fingerprint density at radius 3 is 2.50 bits per heavy atom. The second kappa shape index (κ2) is 5.48. The van der Waals surface area contributed by atoms with Crippen molar-refractivity contribution in [2.45, 2.75) is 19.9 Å². The van der Waals surface area contributed by atoms with Gasteiger partial charge in [0.25, 0.3) is 0 Å². The molecule has 0 aromatic heterocycles. The van der Waals surface area contributed by atoms with Gasteiger partial charge in [-0.05, 0) is 32.0 Å². The lowest BCUT2D eigenvalue weighted by Crippen LogP contribution is -2.36. The van der Waals surface area contributed by atoms with Crippen LogP contribution in [0.15, 0.2) is 18.2 Å². The quantitative estimate of drug-likeness (QED) is 0.870. The predicted octanol–water partition coefficient (Wildman–Crippen LogP) is 2.40. The van der Waals surface area contributed by atoms with Crippen LogP contribution in [0.2, 0.25) is 0 Å². The van der Waals surface area contributed by atoms with Gasteiger partial charge >= 0.3 is 12.0 Å². The molecule has 0 spiro atoms. The van der Waals surface area contributed by atoms with Crippen LogP contribution in [0.4, 0.5) is 14.9 Å². The topological polar surface area (TPSA) is 69.6 Å². The van der Waals surface area contributed by atoms with Gasteiger partial charge in [0.1, 0.15) is 5.82 Å². The van der Waals surface area contributed by atoms with Crippen molar-refractivity contribution in [2.75, 3.05) is 12.4 Å². The van der Waals surface area contributed by atoms with Crippen molar-refractivity contribution in [2.24, 2.45) is 0 Å². The zero-order valence-corrected chi connectivity index (χ0v) is 10.4. The van der Waals surface area contributed by atoms with E-state index >= 15 is 0 Å².